The van der Waals surface area contributed by atoms with E-state index in [9.17, 15) is 0 Å². The topological polar surface area (TPSA) is 24.7 Å². The van der Waals surface area contributed by atoms with Gasteiger partial charge in [-0.25, -0.2) is 4.99 Å². The summed E-state index contributed by atoms with van der Waals surface area (Å²) in [5.41, 5.74) is 0.956. The van der Waals surface area contributed by atoms with Gasteiger partial charge in [-0.05, 0) is 20.6 Å². The standard InChI is InChI=1S/C6H10N2/c1-4-6(2)8-5-7-3/h4-5H,3H2,1-2H3/b6-4-,8-5-. The van der Waals surface area contributed by atoms with E-state index in [-0.39, 0.29) is 0 Å². The van der Waals surface area contributed by atoms with Gasteiger partial charge in [0.05, 0.1) is 0 Å². The molecule has 0 aromatic heterocycles. The van der Waals surface area contributed by atoms with Crippen molar-refractivity contribution in [2.75, 3.05) is 0 Å². The first-order valence-electron chi connectivity index (χ1n) is 2.42. The molecule has 44 valence electrons. The van der Waals surface area contributed by atoms with Crippen molar-refractivity contribution in [2.45, 2.75) is 13.8 Å². The maximum absolute atomic E-state index is 3.87. The van der Waals surface area contributed by atoms with E-state index in [4.69, 9.17) is 0 Å². The van der Waals surface area contributed by atoms with Crippen LogP contribution in [-0.4, -0.2) is 13.1 Å². The van der Waals surface area contributed by atoms with Crippen molar-refractivity contribution in [1.82, 2.24) is 0 Å². The molecule has 0 unspecified atom stereocenters. The van der Waals surface area contributed by atoms with Gasteiger partial charge in [-0.2, -0.15) is 0 Å². The van der Waals surface area contributed by atoms with E-state index in [2.05, 4.69) is 16.7 Å². The van der Waals surface area contributed by atoms with Crippen LogP contribution >= 0.6 is 0 Å². The molecule has 0 aliphatic heterocycles. The molecular weight excluding hydrogens is 100 g/mol. The average molecular weight is 110 g/mol. The molecule has 0 rings (SSSR count). The molecule has 0 heterocycles. The summed E-state index contributed by atoms with van der Waals surface area (Å²) in [6.07, 6.45) is 3.33. The van der Waals surface area contributed by atoms with Crippen molar-refractivity contribution in [1.29, 1.82) is 0 Å². The van der Waals surface area contributed by atoms with Gasteiger partial charge in [-0.15, -0.1) is 0 Å². The Hall–Kier alpha value is -0.920. The molecule has 0 aliphatic rings. The summed E-state index contributed by atoms with van der Waals surface area (Å²) in [7, 11) is 0. The van der Waals surface area contributed by atoms with Crippen LogP contribution in [0.4, 0.5) is 0 Å². The average Bonchev–Trinajstić information content (AvgIpc) is 1.83. The third-order valence-corrected chi connectivity index (χ3v) is 0.761. The third kappa shape index (κ3) is 3.28. The van der Waals surface area contributed by atoms with Crippen molar-refractivity contribution in [2.24, 2.45) is 9.98 Å². The predicted octanol–water partition coefficient (Wildman–Crippen LogP) is 1.64. The summed E-state index contributed by atoms with van der Waals surface area (Å²) in [5, 5.41) is 0. The Labute approximate surface area is 49.7 Å². The second kappa shape index (κ2) is 4.24. The molecule has 8 heavy (non-hydrogen) atoms. The number of nitrogens with zero attached hydrogens (tertiary/aromatic N) is 2. The second-order valence-electron chi connectivity index (χ2n) is 1.36. The summed E-state index contributed by atoms with van der Waals surface area (Å²) < 4.78 is 0. The van der Waals surface area contributed by atoms with Gasteiger partial charge in [-0.3, -0.25) is 4.99 Å². The maximum Gasteiger partial charge on any atom is 0.114 e. The smallest absolute Gasteiger partial charge is 0.114 e. The van der Waals surface area contributed by atoms with Crippen molar-refractivity contribution in [3.05, 3.63) is 11.8 Å². The summed E-state index contributed by atoms with van der Waals surface area (Å²) in [4.78, 5) is 7.31. The van der Waals surface area contributed by atoms with E-state index in [0.29, 0.717) is 0 Å². The number of hydrogen-bond acceptors (Lipinski definition) is 1. The fourth-order valence-corrected chi connectivity index (χ4v) is 0.206. The zero-order valence-electron chi connectivity index (χ0n) is 5.26. The lowest BCUT2D eigenvalue weighted by Gasteiger charge is -1.82. The van der Waals surface area contributed by atoms with Gasteiger partial charge >= 0.3 is 0 Å². The van der Waals surface area contributed by atoms with Crippen molar-refractivity contribution < 1.29 is 0 Å². The minimum Gasteiger partial charge on any atom is -0.253 e. The molecule has 0 bridgehead atoms. The van der Waals surface area contributed by atoms with E-state index in [1.54, 1.807) is 0 Å². The van der Waals surface area contributed by atoms with Gasteiger partial charge in [0, 0.05) is 5.70 Å². The third-order valence-electron chi connectivity index (χ3n) is 0.761. The molecule has 0 aromatic carbocycles. The van der Waals surface area contributed by atoms with Gasteiger partial charge in [0.2, 0.25) is 0 Å². The largest absolute Gasteiger partial charge is 0.253 e. The zero-order valence-corrected chi connectivity index (χ0v) is 5.26. The van der Waals surface area contributed by atoms with E-state index in [1.807, 2.05) is 19.9 Å². The summed E-state index contributed by atoms with van der Waals surface area (Å²) in [6.45, 7) is 7.07. The number of hydrogen-bond donors (Lipinski definition) is 0. The minimum absolute atomic E-state index is 0.956. The molecule has 0 amide bonds. The summed E-state index contributed by atoms with van der Waals surface area (Å²) in [6, 6.07) is 0. The summed E-state index contributed by atoms with van der Waals surface area (Å²) >= 11 is 0. The van der Waals surface area contributed by atoms with Crippen molar-refractivity contribution in [3.8, 4) is 0 Å². The Bertz CT molecular complexity index is 122. The van der Waals surface area contributed by atoms with Crippen LogP contribution < -0.4 is 0 Å². The van der Waals surface area contributed by atoms with Crippen LogP contribution in [-0.2, 0) is 0 Å². The number of aliphatic imine (C=N–C) groups is 2. The van der Waals surface area contributed by atoms with Crippen molar-refractivity contribution >= 4 is 13.1 Å². The first-order valence-corrected chi connectivity index (χ1v) is 2.42. The maximum atomic E-state index is 3.87. The summed E-state index contributed by atoms with van der Waals surface area (Å²) in [5.74, 6) is 0. The molecule has 0 spiro atoms. The first-order chi connectivity index (χ1) is 3.81. The molecule has 0 radical (unpaired) electrons. The van der Waals surface area contributed by atoms with Gasteiger partial charge in [0.1, 0.15) is 6.34 Å². The molecule has 2 heteroatoms. The van der Waals surface area contributed by atoms with Crippen LogP contribution in [0.5, 0.6) is 0 Å². The molecule has 0 atom stereocenters. The Morgan fingerprint density at radius 1 is 1.62 bits per heavy atom. The highest BCUT2D eigenvalue weighted by molar-refractivity contribution is 5.63. The number of allylic oxidation sites excluding steroid dienone is 2. The van der Waals surface area contributed by atoms with Crippen LogP contribution in [0.25, 0.3) is 0 Å². The van der Waals surface area contributed by atoms with E-state index in [0.717, 1.165) is 5.70 Å². The first kappa shape index (κ1) is 7.08. The highest BCUT2D eigenvalue weighted by Crippen LogP contribution is 1.89. The SMILES string of the molecule is C=N/C=N\C(C)=C/C. The second-order valence-corrected chi connectivity index (χ2v) is 1.36. The van der Waals surface area contributed by atoms with Gasteiger partial charge < -0.3 is 0 Å². The van der Waals surface area contributed by atoms with Gasteiger partial charge in [-0.1, -0.05) is 6.08 Å². The van der Waals surface area contributed by atoms with Crippen LogP contribution in [0.2, 0.25) is 0 Å². The van der Waals surface area contributed by atoms with Crippen LogP contribution in [0.15, 0.2) is 21.8 Å². The minimum atomic E-state index is 0.956. The fourth-order valence-electron chi connectivity index (χ4n) is 0.206. The molecular formula is C6H10N2. The lowest BCUT2D eigenvalue weighted by atomic mass is 10.5. The van der Waals surface area contributed by atoms with Crippen molar-refractivity contribution in [3.63, 3.8) is 0 Å². The highest BCUT2D eigenvalue weighted by atomic mass is 14.8. The van der Waals surface area contributed by atoms with Crippen LogP contribution in [0, 0.1) is 0 Å². The lowest BCUT2D eigenvalue weighted by molar-refractivity contribution is 1.29. The molecule has 0 saturated carbocycles. The quantitative estimate of drug-likeness (QED) is 0.381. The van der Waals surface area contributed by atoms with E-state index >= 15 is 0 Å². The molecule has 0 aromatic rings. The lowest BCUT2D eigenvalue weighted by Crippen LogP contribution is -1.66. The Morgan fingerprint density at radius 3 is 2.62 bits per heavy atom. The van der Waals surface area contributed by atoms with Gasteiger partial charge in [0.15, 0.2) is 0 Å². The zero-order chi connectivity index (χ0) is 6.41. The molecule has 0 fully saturated rings. The fraction of sp³-hybridized carbons (Fsp3) is 0.333. The Kier molecular flexibility index (Phi) is 3.76. The molecule has 0 N–H and O–H groups in total. The monoisotopic (exact) mass is 110 g/mol. The Balaban J connectivity index is 3.69. The molecule has 0 aliphatic carbocycles. The predicted molar refractivity (Wildman–Crippen MR) is 37.5 cm³/mol. The van der Waals surface area contributed by atoms with E-state index in [1.165, 1.54) is 6.34 Å². The van der Waals surface area contributed by atoms with Crippen LogP contribution in [0.3, 0.4) is 0 Å². The molecule has 2 nitrogen and oxygen atoms in total. The number of rotatable bonds is 2. The normalized spacial score (nSPS) is 12.5. The molecule has 0 saturated heterocycles. The highest BCUT2D eigenvalue weighted by Gasteiger charge is 1.72. The Morgan fingerprint density at radius 2 is 2.25 bits per heavy atom. The van der Waals surface area contributed by atoms with Gasteiger partial charge in [0.25, 0.3) is 0 Å². The van der Waals surface area contributed by atoms with E-state index < -0.39 is 0 Å². The van der Waals surface area contributed by atoms with Crippen LogP contribution in [0.1, 0.15) is 13.8 Å².